The van der Waals surface area contributed by atoms with Gasteiger partial charge in [0.2, 0.25) is 5.89 Å². The van der Waals surface area contributed by atoms with Crippen LogP contribution in [0.25, 0.3) is 11.5 Å². The van der Waals surface area contributed by atoms with E-state index in [0.717, 1.165) is 23.5 Å². The molecule has 4 aromatic rings. The standard InChI is InChI=1S/C23H19F3N4O/c24-23(25,26)18-9-7-17(8-10-18)22-29-21(16-31-22)15-30(13-19-5-1-3-11-27-19)14-20-6-2-4-12-28-20/h1-12,16H,13-15H2. The van der Waals surface area contributed by atoms with Gasteiger partial charge in [-0.15, -0.1) is 0 Å². The summed E-state index contributed by atoms with van der Waals surface area (Å²) in [6.45, 7) is 1.64. The second kappa shape index (κ2) is 9.09. The van der Waals surface area contributed by atoms with E-state index >= 15 is 0 Å². The Morgan fingerprint density at radius 2 is 1.32 bits per heavy atom. The first-order chi connectivity index (χ1) is 15.0. The molecule has 0 atom stereocenters. The lowest BCUT2D eigenvalue weighted by atomic mass is 10.1. The van der Waals surface area contributed by atoms with Crippen LogP contribution in [-0.4, -0.2) is 19.9 Å². The first kappa shape index (κ1) is 20.7. The molecule has 1 aromatic carbocycles. The van der Waals surface area contributed by atoms with Crippen LogP contribution in [0.1, 0.15) is 22.6 Å². The van der Waals surface area contributed by atoms with Crippen molar-refractivity contribution in [3.63, 3.8) is 0 Å². The zero-order chi connectivity index (χ0) is 21.7. The molecule has 0 aliphatic heterocycles. The molecule has 0 unspecified atom stereocenters. The summed E-state index contributed by atoms with van der Waals surface area (Å²) in [6.07, 6.45) is 0.634. The average Bonchev–Trinajstić information content (AvgIpc) is 3.23. The van der Waals surface area contributed by atoms with Gasteiger partial charge in [-0.05, 0) is 48.5 Å². The number of aromatic nitrogens is 3. The maximum atomic E-state index is 12.8. The number of halogens is 3. The molecule has 0 spiro atoms. The minimum absolute atomic E-state index is 0.277. The number of alkyl halides is 3. The van der Waals surface area contributed by atoms with Crippen molar-refractivity contribution in [1.82, 2.24) is 19.9 Å². The smallest absolute Gasteiger partial charge is 0.416 e. The Labute approximate surface area is 177 Å². The number of pyridine rings is 2. The largest absolute Gasteiger partial charge is 0.444 e. The Bertz CT molecular complexity index is 1060. The lowest BCUT2D eigenvalue weighted by Gasteiger charge is -2.20. The topological polar surface area (TPSA) is 55.1 Å². The van der Waals surface area contributed by atoms with E-state index in [-0.39, 0.29) is 5.89 Å². The highest BCUT2D eigenvalue weighted by Crippen LogP contribution is 2.30. The Balaban J connectivity index is 1.51. The summed E-state index contributed by atoms with van der Waals surface area (Å²) in [5, 5.41) is 0. The summed E-state index contributed by atoms with van der Waals surface area (Å²) in [7, 11) is 0. The van der Waals surface area contributed by atoms with Crippen LogP contribution in [0, 0.1) is 0 Å². The summed E-state index contributed by atoms with van der Waals surface area (Å²) in [4.78, 5) is 15.4. The third-order valence-electron chi connectivity index (χ3n) is 4.62. The lowest BCUT2D eigenvalue weighted by molar-refractivity contribution is -0.137. The van der Waals surface area contributed by atoms with Crippen molar-refractivity contribution in [2.24, 2.45) is 0 Å². The molecule has 0 radical (unpaired) electrons. The van der Waals surface area contributed by atoms with Gasteiger partial charge in [0, 0.05) is 37.6 Å². The van der Waals surface area contributed by atoms with Crippen LogP contribution in [-0.2, 0) is 25.8 Å². The zero-order valence-corrected chi connectivity index (χ0v) is 16.5. The van der Waals surface area contributed by atoms with Gasteiger partial charge in [0.25, 0.3) is 0 Å². The van der Waals surface area contributed by atoms with Crippen molar-refractivity contribution in [2.75, 3.05) is 0 Å². The van der Waals surface area contributed by atoms with E-state index in [0.29, 0.717) is 30.9 Å². The van der Waals surface area contributed by atoms with Gasteiger partial charge in [-0.3, -0.25) is 14.9 Å². The van der Waals surface area contributed by atoms with Crippen LogP contribution in [0.5, 0.6) is 0 Å². The summed E-state index contributed by atoms with van der Waals surface area (Å²) in [6, 6.07) is 16.2. The molecule has 0 amide bonds. The molecule has 8 heteroatoms. The highest BCUT2D eigenvalue weighted by molar-refractivity contribution is 5.54. The van der Waals surface area contributed by atoms with E-state index < -0.39 is 11.7 Å². The zero-order valence-electron chi connectivity index (χ0n) is 16.5. The fourth-order valence-corrected chi connectivity index (χ4v) is 3.15. The quantitative estimate of drug-likeness (QED) is 0.400. The molecule has 5 nitrogen and oxygen atoms in total. The molecular formula is C23H19F3N4O. The molecular weight excluding hydrogens is 405 g/mol. The van der Waals surface area contributed by atoms with Crippen molar-refractivity contribution in [3.05, 3.63) is 102 Å². The van der Waals surface area contributed by atoms with Crippen LogP contribution in [0.2, 0.25) is 0 Å². The van der Waals surface area contributed by atoms with Crippen LogP contribution in [0.3, 0.4) is 0 Å². The van der Waals surface area contributed by atoms with Gasteiger partial charge in [-0.1, -0.05) is 12.1 Å². The number of benzene rings is 1. The summed E-state index contributed by atoms with van der Waals surface area (Å²) < 4.78 is 43.8. The molecule has 158 valence electrons. The monoisotopic (exact) mass is 424 g/mol. The van der Waals surface area contributed by atoms with Gasteiger partial charge in [0.1, 0.15) is 6.26 Å². The van der Waals surface area contributed by atoms with Crippen molar-refractivity contribution in [1.29, 1.82) is 0 Å². The second-order valence-electron chi connectivity index (χ2n) is 7.01. The Morgan fingerprint density at radius 1 is 0.742 bits per heavy atom. The van der Waals surface area contributed by atoms with Crippen LogP contribution < -0.4 is 0 Å². The predicted molar refractivity (Wildman–Crippen MR) is 108 cm³/mol. The third kappa shape index (κ3) is 5.55. The average molecular weight is 424 g/mol. The van der Waals surface area contributed by atoms with Crippen LogP contribution in [0.4, 0.5) is 13.2 Å². The molecule has 0 saturated heterocycles. The molecule has 3 aromatic heterocycles. The molecule has 0 bridgehead atoms. The van der Waals surface area contributed by atoms with Crippen molar-refractivity contribution >= 4 is 0 Å². The first-order valence-corrected chi connectivity index (χ1v) is 9.61. The van der Waals surface area contributed by atoms with E-state index in [9.17, 15) is 13.2 Å². The lowest BCUT2D eigenvalue weighted by Crippen LogP contribution is -2.23. The van der Waals surface area contributed by atoms with Gasteiger partial charge in [0.15, 0.2) is 0 Å². The highest BCUT2D eigenvalue weighted by Gasteiger charge is 2.30. The minimum atomic E-state index is -4.38. The molecule has 0 aliphatic rings. The normalized spacial score (nSPS) is 11.7. The minimum Gasteiger partial charge on any atom is -0.444 e. The van der Waals surface area contributed by atoms with Gasteiger partial charge >= 0.3 is 6.18 Å². The van der Waals surface area contributed by atoms with Crippen molar-refractivity contribution in [3.8, 4) is 11.5 Å². The number of nitrogens with zero attached hydrogens (tertiary/aromatic N) is 4. The first-order valence-electron chi connectivity index (χ1n) is 9.61. The van der Waals surface area contributed by atoms with E-state index in [4.69, 9.17) is 4.42 Å². The number of hydrogen-bond acceptors (Lipinski definition) is 5. The molecule has 3 heterocycles. The van der Waals surface area contributed by atoms with Gasteiger partial charge in [-0.25, -0.2) is 4.98 Å². The number of oxazole rings is 1. The van der Waals surface area contributed by atoms with E-state index in [1.54, 1.807) is 12.4 Å². The van der Waals surface area contributed by atoms with Gasteiger partial charge in [0.05, 0.1) is 22.6 Å². The highest BCUT2D eigenvalue weighted by atomic mass is 19.4. The summed E-state index contributed by atoms with van der Waals surface area (Å²) >= 11 is 0. The SMILES string of the molecule is FC(F)(F)c1ccc(-c2nc(CN(Cc3ccccn3)Cc3ccccn3)co2)cc1. The Hall–Kier alpha value is -3.52. The molecule has 31 heavy (non-hydrogen) atoms. The summed E-state index contributed by atoms with van der Waals surface area (Å²) in [5.41, 5.74) is 2.26. The van der Waals surface area contributed by atoms with Gasteiger partial charge < -0.3 is 4.42 Å². The number of rotatable bonds is 7. The Kier molecular flexibility index (Phi) is 6.08. The number of hydrogen-bond donors (Lipinski definition) is 0. The maximum Gasteiger partial charge on any atom is 0.416 e. The molecule has 0 saturated carbocycles. The van der Waals surface area contributed by atoms with Crippen LogP contribution in [0.15, 0.2) is 83.7 Å². The van der Waals surface area contributed by atoms with Crippen LogP contribution >= 0.6 is 0 Å². The molecule has 0 fully saturated rings. The van der Waals surface area contributed by atoms with E-state index in [1.807, 2.05) is 36.4 Å². The van der Waals surface area contributed by atoms with Crippen molar-refractivity contribution < 1.29 is 17.6 Å². The van der Waals surface area contributed by atoms with E-state index in [1.165, 1.54) is 18.4 Å². The molecule has 4 rings (SSSR count). The van der Waals surface area contributed by atoms with Gasteiger partial charge in [-0.2, -0.15) is 13.2 Å². The molecule has 0 aliphatic carbocycles. The molecule has 0 N–H and O–H groups in total. The fraction of sp³-hybridized carbons (Fsp3) is 0.174. The fourth-order valence-electron chi connectivity index (χ4n) is 3.15. The second-order valence-corrected chi connectivity index (χ2v) is 7.01. The van der Waals surface area contributed by atoms with Crippen molar-refractivity contribution in [2.45, 2.75) is 25.8 Å². The Morgan fingerprint density at radius 3 is 1.84 bits per heavy atom. The predicted octanol–water partition coefficient (Wildman–Crippen LogP) is 5.35. The van der Waals surface area contributed by atoms with E-state index in [2.05, 4.69) is 19.9 Å². The summed E-state index contributed by atoms with van der Waals surface area (Å²) in [5.74, 6) is 0.277. The maximum absolute atomic E-state index is 12.8. The third-order valence-corrected chi connectivity index (χ3v) is 4.62.